The van der Waals surface area contributed by atoms with Crippen molar-refractivity contribution in [2.24, 2.45) is 5.92 Å². The van der Waals surface area contributed by atoms with Crippen LogP contribution in [-0.2, 0) is 0 Å². The van der Waals surface area contributed by atoms with Crippen LogP contribution in [0.2, 0.25) is 10.0 Å². The maximum atomic E-state index is 6.18. The fourth-order valence-corrected chi connectivity index (χ4v) is 3.29. The highest BCUT2D eigenvalue weighted by molar-refractivity contribution is 6.36. The summed E-state index contributed by atoms with van der Waals surface area (Å²) in [5, 5.41) is 4.96. The molecule has 0 saturated heterocycles. The van der Waals surface area contributed by atoms with Gasteiger partial charge in [0.2, 0.25) is 0 Å². The fourth-order valence-electron chi connectivity index (χ4n) is 2.83. The maximum Gasteiger partial charge on any atom is 0.0652 e. The Balaban J connectivity index is 1.87. The first kappa shape index (κ1) is 14.0. The van der Waals surface area contributed by atoms with E-state index in [0.29, 0.717) is 11.1 Å². The average Bonchev–Trinajstić information content (AvgIpc) is 2.35. The molecule has 1 saturated carbocycles. The molecule has 1 nitrogen and oxygen atoms in total. The third kappa shape index (κ3) is 3.80. The molecule has 1 N–H and O–H groups in total. The molecule has 0 atom stereocenters. The monoisotopic (exact) mass is 285 g/mol. The van der Waals surface area contributed by atoms with Crippen LogP contribution in [0.4, 0.5) is 5.69 Å². The van der Waals surface area contributed by atoms with Crippen molar-refractivity contribution in [3.05, 3.63) is 28.2 Å². The molecule has 1 fully saturated rings. The van der Waals surface area contributed by atoms with Crippen LogP contribution in [0.25, 0.3) is 0 Å². The molecule has 1 aliphatic carbocycles. The van der Waals surface area contributed by atoms with Crippen molar-refractivity contribution in [2.75, 3.05) is 5.32 Å². The maximum absolute atomic E-state index is 6.18. The molecule has 0 heterocycles. The summed E-state index contributed by atoms with van der Waals surface area (Å²) in [5.41, 5.74) is 1.01. The lowest BCUT2D eigenvalue weighted by Gasteiger charge is -2.29. The Hall–Kier alpha value is -0.400. The second-order valence-electron chi connectivity index (χ2n) is 5.27. The van der Waals surface area contributed by atoms with E-state index in [4.69, 9.17) is 23.2 Å². The van der Waals surface area contributed by atoms with Crippen LogP contribution >= 0.6 is 23.2 Å². The molecule has 1 aromatic rings. The lowest BCUT2D eigenvalue weighted by atomic mass is 9.83. The van der Waals surface area contributed by atoms with E-state index in [9.17, 15) is 0 Å². The van der Waals surface area contributed by atoms with Gasteiger partial charge in [-0.2, -0.15) is 0 Å². The highest BCUT2D eigenvalue weighted by atomic mass is 35.5. The van der Waals surface area contributed by atoms with Gasteiger partial charge in [0.05, 0.1) is 10.7 Å². The Morgan fingerprint density at radius 3 is 2.50 bits per heavy atom. The molecule has 0 aromatic heterocycles. The third-order valence-electron chi connectivity index (χ3n) is 3.83. The number of hydrogen-bond acceptors (Lipinski definition) is 1. The molecule has 1 aromatic carbocycles. The molecule has 3 heteroatoms. The second kappa shape index (κ2) is 6.68. The van der Waals surface area contributed by atoms with Crippen molar-refractivity contribution >= 4 is 28.9 Å². The van der Waals surface area contributed by atoms with Gasteiger partial charge in [-0.1, -0.05) is 43.0 Å². The van der Waals surface area contributed by atoms with Crippen molar-refractivity contribution in [1.82, 2.24) is 0 Å². The Kier molecular flexibility index (Phi) is 5.20. The van der Waals surface area contributed by atoms with E-state index >= 15 is 0 Å². The molecule has 100 valence electrons. The molecule has 0 bridgehead atoms. The van der Waals surface area contributed by atoms with Gasteiger partial charge in [-0.15, -0.1) is 0 Å². The first-order valence-corrected chi connectivity index (χ1v) is 7.66. The molecule has 0 radical (unpaired) electrons. The molecule has 18 heavy (non-hydrogen) atoms. The summed E-state index contributed by atoms with van der Waals surface area (Å²) < 4.78 is 0. The standard InChI is InChI=1S/C15H21Cl2N/c1-2-3-11-4-7-13(8-5-11)18-15-9-6-12(16)10-14(15)17/h6,9-11,13,18H,2-5,7-8H2,1H3. The molecule has 0 unspecified atom stereocenters. The van der Waals surface area contributed by atoms with Gasteiger partial charge in [0.15, 0.2) is 0 Å². The molecule has 2 rings (SSSR count). The quantitative estimate of drug-likeness (QED) is 0.741. The highest BCUT2D eigenvalue weighted by Crippen LogP contribution is 2.32. The second-order valence-corrected chi connectivity index (χ2v) is 6.12. The Bertz CT molecular complexity index is 384. The van der Waals surface area contributed by atoms with E-state index < -0.39 is 0 Å². The third-order valence-corrected chi connectivity index (χ3v) is 4.38. The van der Waals surface area contributed by atoms with Gasteiger partial charge in [-0.25, -0.2) is 0 Å². The van der Waals surface area contributed by atoms with Gasteiger partial charge < -0.3 is 5.32 Å². The van der Waals surface area contributed by atoms with Crippen LogP contribution in [-0.4, -0.2) is 6.04 Å². The number of benzene rings is 1. The Morgan fingerprint density at radius 1 is 1.17 bits per heavy atom. The van der Waals surface area contributed by atoms with Crippen molar-refractivity contribution in [1.29, 1.82) is 0 Å². The molecule has 0 spiro atoms. The lowest BCUT2D eigenvalue weighted by molar-refractivity contribution is 0.319. The van der Waals surface area contributed by atoms with E-state index in [1.165, 1.54) is 38.5 Å². The fraction of sp³-hybridized carbons (Fsp3) is 0.600. The van der Waals surface area contributed by atoms with Crippen LogP contribution in [0.3, 0.4) is 0 Å². The van der Waals surface area contributed by atoms with Gasteiger partial charge in [0, 0.05) is 11.1 Å². The lowest BCUT2D eigenvalue weighted by Crippen LogP contribution is -2.26. The predicted molar refractivity (Wildman–Crippen MR) is 80.7 cm³/mol. The minimum Gasteiger partial charge on any atom is -0.381 e. The Labute approximate surface area is 120 Å². The minimum absolute atomic E-state index is 0.566. The molecular formula is C15H21Cl2N. The normalized spacial score (nSPS) is 23.9. The summed E-state index contributed by atoms with van der Waals surface area (Å²) >= 11 is 12.1. The van der Waals surface area contributed by atoms with E-state index in [1.54, 1.807) is 6.07 Å². The summed E-state index contributed by atoms with van der Waals surface area (Å²) in [6.07, 6.45) is 7.89. The smallest absolute Gasteiger partial charge is 0.0652 e. The molecule has 0 aliphatic heterocycles. The van der Waals surface area contributed by atoms with Gasteiger partial charge in [0.1, 0.15) is 0 Å². The summed E-state index contributed by atoms with van der Waals surface area (Å²) in [5.74, 6) is 0.939. The number of anilines is 1. The van der Waals surface area contributed by atoms with Crippen molar-refractivity contribution in [3.63, 3.8) is 0 Å². The summed E-state index contributed by atoms with van der Waals surface area (Å²) in [6, 6.07) is 6.23. The van der Waals surface area contributed by atoms with Crippen molar-refractivity contribution < 1.29 is 0 Å². The van der Waals surface area contributed by atoms with Gasteiger partial charge >= 0.3 is 0 Å². The van der Waals surface area contributed by atoms with Crippen LogP contribution < -0.4 is 5.32 Å². The number of nitrogens with one attached hydrogen (secondary N) is 1. The topological polar surface area (TPSA) is 12.0 Å². The van der Waals surface area contributed by atoms with Crippen molar-refractivity contribution in [2.45, 2.75) is 51.5 Å². The largest absolute Gasteiger partial charge is 0.381 e. The average molecular weight is 286 g/mol. The first-order chi connectivity index (χ1) is 8.69. The van der Waals surface area contributed by atoms with E-state index in [0.717, 1.165) is 16.6 Å². The summed E-state index contributed by atoms with van der Waals surface area (Å²) in [7, 11) is 0. The molecule has 0 amide bonds. The number of hydrogen-bond donors (Lipinski definition) is 1. The predicted octanol–water partition coefficient (Wildman–Crippen LogP) is 5.76. The molecular weight excluding hydrogens is 265 g/mol. The summed E-state index contributed by atoms with van der Waals surface area (Å²) in [6.45, 7) is 2.28. The first-order valence-electron chi connectivity index (χ1n) is 6.90. The Morgan fingerprint density at radius 2 is 1.89 bits per heavy atom. The zero-order chi connectivity index (χ0) is 13.0. The molecule has 1 aliphatic rings. The van der Waals surface area contributed by atoms with Crippen LogP contribution in [0, 0.1) is 5.92 Å². The van der Waals surface area contributed by atoms with Crippen molar-refractivity contribution in [3.8, 4) is 0 Å². The van der Waals surface area contributed by atoms with Gasteiger partial charge in [-0.05, 0) is 49.8 Å². The van der Waals surface area contributed by atoms with Crippen LogP contribution in [0.5, 0.6) is 0 Å². The van der Waals surface area contributed by atoms with E-state index in [2.05, 4.69) is 12.2 Å². The minimum atomic E-state index is 0.566. The SMILES string of the molecule is CCCC1CCC(Nc2ccc(Cl)cc2Cl)CC1. The van der Waals surface area contributed by atoms with Gasteiger partial charge in [-0.3, -0.25) is 0 Å². The van der Waals surface area contributed by atoms with Gasteiger partial charge in [0.25, 0.3) is 0 Å². The van der Waals surface area contributed by atoms with Crippen LogP contribution in [0.15, 0.2) is 18.2 Å². The highest BCUT2D eigenvalue weighted by Gasteiger charge is 2.20. The number of rotatable bonds is 4. The van der Waals surface area contributed by atoms with E-state index in [1.807, 2.05) is 12.1 Å². The van der Waals surface area contributed by atoms with Crippen LogP contribution in [0.1, 0.15) is 45.4 Å². The zero-order valence-corrected chi connectivity index (χ0v) is 12.4. The van der Waals surface area contributed by atoms with E-state index in [-0.39, 0.29) is 0 Å². The number of halogens is 2. The summed E-state index contributed by atoms with van der Waals surface area (Å²) in [4.78, 5) is 0. The zero-order valence-electron chi connectivity index (χ0n) is 10.9.